The number of rotatable bonds is 4. The third-order valence-electron chi connectivity index (χ3n) is 6.32. The van der Waals surface area contributed by atoms with Crippen LogP contribution in [0.5, 0.6) is 0 Å². The van der Waals surface area contributed by atoms with Crippen molar-refractivity contribution in [2.75, 3.05) is 7.05 Å². The molecule has 7 heteroatoms. The number of nitrogens with zero attached hydrogens (tertiary/aromatic N) is 4. The minimum atomic E-state index is -0.435. The summed E-state index contributed by atoms with van der Waals surface area (Å²) >= 11 is 8.12. The molecule has 2 aliphatic carbocycles. The van der Waals surface area contributed by atoms with E-state index in [-0.39, 0.29) is 5.91 Å². The Morgan fingerprint density at radius 1 is 1.21 bits per heavy atom. The third-order valence-corrected chi connectivity index (χ3v) is 7.74. The number of amides is 1. The molecule has 0 saturated heterocycles. The Morgan fingerprint density at radius 2 is 2.00 bits per heavy atom. The summed E-state index contributed by atoms with van der Waals surface area (Å²) in [7, 11) is 1.92. The summed E-state index contributed by atoms with van der Waals surface area (Å²) in [4.78, 5) is 16.1. The molecular weight excluding hydrogens is 392 g/mol. The number of hydrogen-bond donors (Lipinski definition) is 0. The van der Waals surface area contributed by atoms with Crippen LogP contribution in [0.1, 0.15) is 56.0 Å². The molecule has 1 aliphatic heterocycles. The van der Waals surface area contributed by atoms with Gasteiger partial charge in [-0.25, -0.2) is 0 Å². The lowest BCUT2D eigenvalue weighted by molar-refractivity contribution is -0.128. The van der Waals surface area contributed by atoms with Gasteiger partial charge in [-0.3, -0.25) is 4.79 Å². The Kier molecular flexibility index (Phi) is 4.32. The average Bonchev–Trinajstić information content (AvgIpc) is 3.44. The molecule has 0 bridgehead atoms. The van der Waals surface area contributed by atoms with Gasteiger partial charge in [0.1, 0.15) is 5.82 Å². The molecule has 3 aliphatic rings. The fraction of sp³-hybridized carbons (Fsp3) is 0.476. The molecule has 1 aromatic heterocycles. The quantitative estimate of drug-likeness (QED) is 0.716. The second-order valence-electron chi connectivity index (χ2n) is 7.95. The first-order chi connectivity index (χ1) is 13.5. The van der Waals surface area contributed by atoms with Crippen LogP contribution in [0.2, 0.25) is 5.02 Å². The van der Waals surface area contributed by atoms with Crippen LogP contribution in [0.3, 0.4) is 0 Å². The Hall–Kier alpha value is -1.79. The Morgan fingerprint density at radius 3 is 2.75 bits per heavy atom. The van der Waals surface area contributed by atoms with Gasteiger partial charge in [-0.15, -0.1) is 10.2 Å². The van der Waals surface area contributed by atoms with E-state index >= 15 is 0 Å². The number of carbonyl (C=O) groups is 1. The molecule has 5 rings (SSSR count). The summed E-state index contributed by atoms with van der Waals surface area (Å²) in [6, 6.07) is 8.44. The minimum absolute atomic E-state index is 0.0739. The van der Waals surface area contributed by atoms with Gasteiger partial charge in [-0.1, -0.05) is 36.2 Å². The lowest BCUT2D eigenvalue weighted by atomic mass is 9.73. The van der Waals surface area contributed by atoms with E-state index in [2.05, 4.69) is 20.8 Å². The van der Waals surface area contributed by atoms with Crippen molar-refractivity contribution in [2.24, 2.45) is 0 Å². The van der Waals surface area contributed by atoms with Crippen LogP contribution in [0.4, 0.5) is 0 Å². The second-order valence-corrected chi connectivity index (χ2v) is 9.34. The van der Waals surface area contributed by atoms with E-state index in [1.807, 2.05) is 37.1 Å². The van der Waals surface area contributed by atoms with Gasteiger partial charge in [0.05, 0.1) is 10.4 Å². The lowest BCUT2D eigenvalue weighted by Gasteiger charge is -2.42. The summed E-state index contributed by atoms with van der Waals surface area (Å²) in [5.74, 6) is 1.00. The maximum absolute atomic E-state index is 13.4. The van der Waals surface area contributed by atoms with Crippen LogP contribution in [-0.2, 0) is 10.3 Å². The molecule has 0 spiro atoms. The van der Waals surface area contributed by atoms with Crippen LogP contribution in [-0.4, -0.2) is 32.6 Å². The van der Waals surface area contributed by atoms with Gasteiger partial charge < -0.3 is 9.47 Å². The topological polar surface area (TPSA) is 51.0 Å². The molecule has 2 saturated carbocycles. The summed E-state index contributed by atoms with van der Waals surface area (Å²) in [5, 5.41) is 10.2. The van der Waals surface area contributed by atoms with Crippen molar-refractivity contribution < 1.29 is 4.79 Å². The number of halogens is 1. The number of likely N-dealkylation sites (N-methyl/N-ethyl adjacent to an activating group) is 1. The first-order valence-corrected chi connectivity index (χ1v) is 11.1. The third kappa shape index (κ3) is 2.57. The van der Waals surface area contributed by atoms with Crippen molar-refractivity contribution in [2.45, 2.75) is 62.2 Å². The summed E-state index contributed by atoms with van der Waals surface area (Å²) in [6.45, 7) is 1.99. The standard InChI is InChI=1S/C21H23ClN4OS/c1-13-23-24-20(26(13)14-10-11-14)28-18-16-8-5-6-12-21(16,25(2)19(18)27)15-7-3-4-9-17(15)22/h3-4,7,9,14H,5-6,8,10-12H2,1-2H3/t21-/m1/s1. The fourth-order valence-corrected chi connectivity index (χ4v) is 6.36. The van der Waals surface area contributed by atoms with E-state index in [1.54, 1.807) is 0 Å². The van der Waals surface area contributed by atoms with Crippen molar-refractivity contribution in [3.05, 3.63) is 51.2 Å². The zero-order chi connectivity index (χ0) is 19.5. The lowest BCUT2D eigenvalue weighted by Crippen LogP contribution is -2.44. The van der Waals surface area contributed by atoms with Crippen LogP contribution >= 0.6 is 23.4 Å². The average molecular weight is 415 g/mol. The van der Waals surface area contributed by atoms with Gasteiger partial charge in [0.2, 0.25) is 0 Å². The highest BCUT2D eigenvalue weighted by Crippen LogP contribution is 2.55. The van der Waals surface area contributed by atoms with Gasteiger partial charge in [0.15, 0.2) is 5.16 Å². The van der Waals surface area contributed by atoms with Gasteiger partial charge in [-0.05, 0) is 62.4 Å². The number of thioether (sulfide) groups is 1. The minimum Gasteiger partial charge on any atom is -0.328 e. The molecule has 1 atom stereocenters. The molecule has 2 heterocycles. The van der Waals surface area contributed by atoms with Gasteiger partial charge in [0, 0.05) is 23.7 Å². The van der Waals surface area contributed by atoms with Crippen molar-refractivity contribution in [3.63, 3.8) is 0 Å². The van der Waals surface area contributed by atoms with E-state index in [0.717, 1.165) is 65.0 Å². The van der Waals surface area contributed by atoms with E-state index < -0.39 is 5.54 Å². The zero-order valence-electron chi connectivity index (χ0n) is 16.1. The van der Waals surface area contributed by atoms with Crippen LogP contribution in [0.15, 0.2) is 39.9 Å². The van der Waals surface area contributed by atoms with Gasteiger partial charge >= 0.3 is 0 Å². The second kappa shape index (κ2) is 6.63. The van der Waals surface area contributed by atoms with E-state index in [9.17, 15) is 4.79 Å². The highest BCUT2D eigenvalue weighted by molar-refractivity contribution is 8.03. The Balaban J connectivity index is 1.64. The normalized spacial score (nSPS) is 24.8. The Bertz CT molecular complexity index is 996. The Labute approximate surface area is 174 Å². The molecule has 146 valence electrons. The summed E-state index contributed by atoms with van der Waals surface area (Å²) in [5.41, 5.74) is 1.81. The number of aryl methyl sites for hydroxylation is 1. The molecule has 2 fully saturated rings. The maximum atomic E-state index is 13.4. The van der Waals surface area contributed by atoms with Crippen LogP contribution in [0, 0.1) is 6.92 Å². The maximum Gasteiger partial charge on any atom is 0.261 e. The molecule has 0 unspecified atom stereocenters. The van der Waals surface area contributed by atoms with Crippen molar-refractivity contribution in [1.82, 2.24) is 19.7 Å². The van der Waals surface area contributed by atoms with Gasteiger partial charge in [0.25, 0.3) is 5.91 Å². The van der Waals surface area contributed by atoms with Crippen molar-refractivity contribution >= 4 is 29.3 Å². The van der Waals surface area contributed by atoms with E-state index in [0.29, 0.717) is 6.04 Å². The van der Waals surface area contributed by atoms with Crippen molar-refractivity contribution in [1.29, 1.82) is 0 Å². The van der Waals surface area contributed by atoms with E-state index in [1.165, 1.54) is 17.3 Å². The first kappa shape index (κ1) is 18.3. The molecule has 0 N–H and O–H groups in total. The molecule has 5 nitrogen and oxygen atoms in total. The fourth-order valence-electron chi connectivity index (χ4n) is 4.81. The number of benzene rings is 1. The molecule has 28 heavy (non-hydrogen) atoms. The van der Waals surface area contributed by atoms with Crippen molar-refractivity contribution in [3.8, 4) is 0 Å². The number of carbonyl (C=O) groups excluding carboxylic acids is 1. The molecule has 0 radical (unpaired) electrons. The molecule has 1 aromatic carbocycles. The number of aromatic nitrogens is 3. The molecule has 2 aromatic rings. The van der Waals surface area contributed by atoms with Crippen LogP contribution in [0.25, 0.3) is 0 Å². The summed E-state index contributed by atoms with van der Waals surface area (Å²) < 4.78 is 2.20. The smallest absolute Gasteiger partial charge is 0.261 e. The molecular formula is C21H23ClN4OS. The van der Waals surface area contributed by atoms with E-state index in [4.69, 9.17) is 11.6 Å². The predicted octanol–water partition coefficient (Wildman–Crippen LogP) is 4.86. The predicted molar refractivity (Wildman–Crippen MR) is 110 cm³/mol. The zero-order valence-corrected chi connectivity index (χ0v) is 17.7. The van der Waals surface area contributed by atoms with Gasteiger partial charge in [-0.2, -0.15) is 0 Å². The number of hydrogen-bond acceptors (Lipinski definition) is 4. The first-order valence-electron chi connectivity index (χ1n) is 9.90. The number of fused-ring (bicyclic) bond motifs is 1. The SMILES string of the molecule is Cc1nnc(SC2=C3CCCC[C@]3(c3ccccc3Cl)N(C)C2=O)n1C1CC1. The molecule has 1 amide bonds. The highest BCUT2D eigenvalue weighted by atomic mass is 35.5. The largest absolute Gasteiger partial charge is 0.328 e. The monoisotopic (exact) mass is 414 g/mol. The van der Waals surface area contributed by atoms with Crippen LogP contribution < -0.4 is 0 Å². The highest BCUT2D eigenvalue weighted by Gasteiger charge is 2.52. The summed E-state index contributed by atoms with van der Waals surface area (Å²) in [6.07, 6.45) is 6.33.